The van der Waals surface area contributed by atoms with E-state index in [9.17, 15) is 8.76 Å². The molecule has 0 aliphatic rings. The molecule has 0 bridgehead atoms. The van der Waals surface area contributed by atoms with Crippen LogP contribution in [0.15, 0.2) is 23.2 Å². The second kappa shape index (κ2) is 5.49. The van der Waals surface area contributed by atoms with Gasteiger partial charge in [-0.25, -0.2) is 4.98 Å². The van der Waals surface area contributed by atoms with Crippen LogP contribution in [-0.2, 0) is 17.5 Å². The summed E-state index contributed by atoms with van der Waals surface area (Å²) in [5.74, 6) is 0. The van der Waals surface area contributed by atoms with Crippen molar-refractivity contribution in [2.24, 2.45) is 0 Å². The first-order valence-electron chi connectivity index (χ1n) is 3.29. The van der Waals surface area contributed by atoms with Gasteiger partial charge >= 0.3 is 18.9 Å². The van der Waals surface area contributed by atoms with Gasteiger partial charge in [-0.15, -0.1) is 0 Å². The van der Waals surface area contributed by atoms with Crippen LogP contribution in [0.25, 0.3) is 0 Å². The molecule has 5 heteroatoms. The summed E-state index contributed by atoms with van der Waals surface area (Å²) in [7, 11) is 0. The largest absolute Gasteiger partial charge is 1.00 e. The normalized spacial score (nSPS) is 11.8. The molecule has 0 saturated carbocycles. The zero-order chi connectivity index (χ0) is 8.27. The molecule has 0 aliphatic carbocycles. The van der Waals surface area contributed by atoms with Crippen molar-refractivity contribution in [3.8, 4) is 0 Å². The summed E-state index contributed by atoms with van der Waals surface area (Å²) in [4.78, 5) is 3.88. The number of aryl methyl sites for hydroxylation is 1. The fraction of sp³-hybridized carbons (Fsp3) is 0.286. The molecule has 1 heterocycles. The number of hydrogen-bond acceptors (Lipinski definition) is 3. The van der Waals surface area contributed by atoms with Crippen molar-refractivity contribution in [1.82, 2.24) is 4.98 Å². The molecule has 0 amide bonds. The van der Waals surface area contributed by atoms with Crippen LogP contribution in [0.4, 0.5) is 0 Å². The second-order valence-corrected chi connectivity index (χ2v) is 2.94. The van der Waals surface area contributed by atoms with Crippen LogP contribution in [0.2, 0.25) is 0 Å². The Morgan fingerprint density at radius 2 is 2.25 bits per heavy atom. The van der Waals surface area contributed by atoms with Crippen molar-refractivity contribution in [1.29, 1.82) is 0 Å². The fourth-order valence-electron chi connectivity index (χ4n) is 0.747. The van der Waals surface area contributed by atoms with E-state index < -0.39 is 11.1 Å². The Hall–Kier alpha value is -0.143. The zero-order valence-corrected chi connectivity index (χ0v) is 7.93. The summed E-state index contributed by atoms with van der Waals surface area (Å²) in [5, 5.41) is 0.115. The summed E-state index contributed by atoms with van der Waals surface area (Å²) in [5.41, 5.74) is 0.798. The first-order chi connectivity index (χ1) is 5.24. The summed E-state index contributed by atoms with van der Waals surface area (Å²) in [6, 6.07) is 4.97. The van der Waals surface area contributed by atoms with Crippen molar-refractivity contribution in [3.05, 3.63) is 23.9 Å². The van der Waals surface area contributed by atoms with E-state index in [0.717, 1.165) is 12.1 Å². The summed E-state index contributed by atoms with van der Waals surface area (Å²) in [6.45, 7) is 1.93. The van der Waals surface area contributed by atoms with Gasteiger partial charge in [0.25, 0.3) is 0 Å². The molecule has 3 nitrogen and oxygen atoms in total. The van der Waals surface area contributed by atoms with Crippen molar-refractivity contribution >= 4 is 11.1 Å². The van der Waals surface area contributed by atoms with Crippen LogP contribution >= 0.6 is 0 Å². The van der Waals surface area contributed by atoms with E-state index in [0.29, 0.717) is 0 Å². The number of nitrogens with zero attached hydrogens (tertiary/aromatic N) is 1. The molecule has 1 rings (SSSR count). The van der Waals surface area contributed by atoms with Gasteiger partial charge < -0.3 is 4.55 Å². The Morgan fingerprint density at radius 3 is 2.75 bits per heavy atom. The molecule has 0 fully saturated rings. The van der Waals surface area contributed by atoms with E-state index in [-0.39, 0.29) is 23.9 Å². The van der Waals surface area contributed by atoms with Gasteiger partial charge in [0.15, 0.2) is 0 Å². The summed E-state index contributed by atoms with van der Waals surface area (Å²) in [6.07, 6.45) is 0.755. The molecule has 0 aromatic carbocycles. The molecule has 0 spiro atoms. The molecule has 1 aromatic rings. The number of pyridine rings is 1. The maximum absolute atomic E-state index is 10.4. The Bertz CT molecular complexity index is 280. The van der Waals surface area contributed by atoms with Crippen molar-refractivity contribution in [2.75, 3.05) is 0 Å². The topological polar surface area (TPSA) is 53.0 Å². The average molecular weight is 177 g/mol. The SMILES string of the molecule is CCc1cccc(S(=O)[O-])n1.[Li+]. The molecule has 0 radical (unpaired) electrons. The third kappa shape index (κ3) is 3.08. The average Bonchev–Trinajstić information content (AvgIpc) is 2.05. The van der Waals surface area contributed by atoms with E-state index in [1.54, 1.807) is 12.1 Å². The van der Waals surface area contributed by atoms with Gasteiger partial charge in [0.1, 0.15) is 5.03 Å². The van der Waals surface area contributed by atoms with Crippen LogP contribution in [-0.4, -0.2) is 13.7 Å². The Kier molecular flexibility index (Phi) is 5.43. The number of hydrogen-bond donors (Lipinski definition) is 0. The molecule has 1 aromatic heterocycles. The fourth-order valence-corrected chi connectivity index (χ4v) is 1.13. The molecule has 0 saturated heterocycles. The van der Waals surface area contributed by atoms with E-state index in [1.165, 1.54) is 6.07 Å². The number of rotatable bonds is 2. The van der Waals surface area contributed by atoms with Gasteiger partial charge in [-0.2, -0.15) is 0 Å². The van der Waals surface area contributed by atoms with Gasteiger partial charge in [0.05, 0.1) is 0 Å². The van der Waals surface area contributed by atoms with Crippen LogP contribution in [0.3, 0.4) is 0 Å². The van der Waals surface area contributed by atoms with Crippen LogP contribution in [0.1, 0.15) is 12.6 Å². The molecule has 60 valence electrons. The molecule has 0 aliphatic heterocycles. The standard InChI is InChI=1S/C7H9NO2S.Li/c1-2-6-4-3-5-7(8-6)11(9)10;/h3-5H,2H2,1H3,(H,9,10);/q;+1/p-1. The maximum atomic E-state index is 10.4. The Morgan fingerprint density at radius 1 is 1.58 bits per heavy atom. The van der Waals surface area contributed by atoms with Gasteiger partial charge in [-0.05, 0) is 29.6 Å². The second-order valence-electron chi connectivity index (χ2n) is 2.06. The Labute approximate surface area is 86.1 Å². The Balaban J connectivity index is 0.00000121. The van der Waals surface area contributed by atoms with Crippen molar-refractivity contribution < 1.29 is 27.6 Å². The van der Waals surface area contributed by atoms with Gasteiger partial charge in [0.2, 0.25) is 0 Å². The minimum atomic E-state index is -2.20. The van der Waals surface area contributed by atoms with Crippen molar-refractivity contribution in [3.63, 3.8) is 0 Å². The van der Waals surface area contributed by atoms with Gasteiger partial charge in [-0.3, -0.25) is 4.21 Å². The number of aromatic nitrogens is 1. The van der Waals surface area contributed by atoms with Crippen LogP contribution < -0.4 is 18.9 Å². The van der Waals surface area contributed by atoms with E-state index in [2.05, 4.69) is 4.98 Å². The molecule has 12 heavy (non-hydrogen) atoms. The zero-order valence-electron chi connectivity index (χ0n) is 7.11. The minimum Gasteiger partial charge on any atom is -0.767 e. The third-order valence-electron chi connectivity index (χ3n) is 1.31. The van der Waals surface area contributed by atoms with Crippen LogP contribution in [0, 0.1) is 0 Å². The minimum absolute atomic E-state index is 0. The molecule has 1 atom stereocenters. The predicted molar refractivity (Wildman–Crippen MR) is 40.8 cm³/mol. The first-order valence-corrected chi connectivity index (χ1v) is 4.36. The first kappa shape index (κ1) is 11.9. The van der Waals surface area contributed by atoms with E-state index in [4.69, 9.17) is 0 Å². The molecule has 1 unspecified atom stereocenters. The van der Waals surface area contributed by atoms with Crippen LogP contribution in [0.5, 0.6) is 0 Å². The van der Waals surface area contributed by atoms with E-state index in [1.807, 2.05) is 6.92 Å². The molecular weight excluding hydrogens is 169 g/mol. The quantitative estimate of drug-likeness (QED) is 0.383. The van der Waals surface area contributed by atoms with Gasteiger partial charge in [0, 0.05) is 5.69 Å². The molecule has 0 N–H and O–H groups in total. The van der Waals surface area contributed by atoms with Crippen molar-refractivity contribution in [2.45, 2.75) is 18.4 Å². The molecular formula is C7H8LiNO2S. The summed E-state index contributed by atoms with van der Waals surface area (Å²) >= 11 is -2.20. The predicted octanol–water partition coefficient (Wildman–Crippen LogP) is -2.11. The monoisotopic (exact) mass is 177 g/mol. The van der Waals surface area contributed by atoms with Gasteiger partial charge in [-0.1, -0.05) is 13.0 Å². The maximum Gasteiger partial charge on any atom is 1.00 e. The third-order valence-corrected chi connectivity index (χ3v) is 1.88. The summed E-state index contributed by atoms with van der Waals surface area (Å²) < 4.78 is 20.8. The smallest absolute Gasteiger partial charge is 0.767 e. The van der Waals surface area contributed by atoms with E-state index >= 15 is 0 Å².